The van der Waals surface area contributed by atoms with Crippen molar-refractivity contribution >= 4 is 44.4 Å². The Morgan fingerprint density at radius 2 is 1.91 bits per heavy atom. The molecule has 0 saturated carbocycles. The maximum Gasteiger partial charge on any atom is 0.240 e. The van der Waals surface area contributed by atoms with E-state index in [-0.39, 0.29) is 16.6 Å². The highest BCUT2D eigenvalue weighted by Gasteiger charge is 2.17. The van der Waals surface area contributed by atoms with Gasteiger partial charge in [-0.15, -0.1) is 0 Å². The van der Waals surface area contributed by atoms with Crippen LogP contribution in [0.1, 0.15) is 5.56 Å². The molecule has 0 spiro atoms. The molecule has 164 valence electrons. The van der Waals surface area contributed by atoms with Crippen LogP contribution in [0, 0.1) is 6.92 Å². The third kappa shape index (κ3) is 4.49. The van der Waals surface area contributed by atoms with E-state index in [1.54, 1.807) is 29.9 Å². The number of aryl methyl sites for hydroxylation is 1. The number of sulfonamides is 1. The zero-order valence-electron chi connectivity index (χ0n) is 17.3. The molecule has 2 heterocycles. The average molecular weight is 469 g/mol. The second-order valence-corrected chi connectivity index (χ2v) is 9.65. The Balaban J connectivity index is 1.49. The van der Waals surface area contributed by atoms with Crippen LogP contribution in [0.5, 0.6) is 0 Å². The van der Waals surface area contributed by atoms with E-state index in [0.717, 1.165) is 11.1 Å². The van der Waals surface area contributed by atoms with E-state index in [0.29, 0.717) is 21.9 Å². The van der Waals surface area contributed by atoms with Crippen LogP contribution in [0.15, 0.2) is 71.0 Å². The quantitative estimate of drug-likeness (QED) is 0.316. The van der Waals surface area contributed by atoms with Gasteiger partial charge in [-0.05, 0) is 43.8 Å². The van der Waals surface area contributed by atoms with Gasteiger partial charge in [0.15, 0.2) is 5.65 Å². The summed E-state index contributed by atoms with van der Waals surface area (Å²) < 4.78 is 28.3. The maximum absolute atomic E-state index is 12.5. The van der Waals surface area contributed by atoms with E-state index in [2.05, 4.69) is 25.1 Å². The molecule has 2 aromatic carbocycles. The van der Waals surface area contributed by atoms with Gasteiger partial charge in [-0.1, -0.05) is 36.0 Å². The molecule has 1 amide bonds. The lowest BCUT2D eigenvalue weighted by atomic mass is 10.2. The fraction of sp³-hybridized carbons (Fsp3) is 0.143. The van der Waals surface area contributed by atoms with Gasteiger partial charge in [0.25, 0.3) is 0 Å². The Labute approximate surface area is 189 Å². The summed E-state index contributed by atoms with van der Waals surface area (Å²) in [6, 6.07) is 14.4. The van der Waals surface area contributed by atoms with Crippen molar-refractivity contribution < 1.29 is 13.2 Å². The molecule has 0 bridgehead atoms. The molecule has 0 aliphatic heterocycles. The summed E-state index contributed by atoms with van der Waals surface area (Å²) in [6.07, 6.45) is 3.12. The number of anilines is 1. The summed E-state index contributed by atoms with van der Waals surface area (Å²) in [5.41, 5.74) is 2.52. The number of carbonyl (C=O) groups excluding carboxylic acids is 1. The molecule has 0 atom stereocenters. The van der Waals surface area contributed by atoms with Crippen LogP contribution in [0.3, 0.4) is 0 Å². The van der Waals surface area contributed by atoms with E-state index >= 15 is 0 Å². The number of hydrogen-bond acceptors (Lipinski definition) is 7. The van der Waals surface area contributed by atoms with Crippen molar-refractivity contribution in [2.75, 3.05) is 18.1 Å². The summed E-state index contributed by atoms with van der Waals surface area (Å²) in [5.74, 6) is -0.196. The van der Waals surface area contributed by atoms with Gasteiger partial charge in [-0.25, -0.2) is 27.8 Å². The number of nitrogens with zero attached hydrogens (tertiary/aromatic N) is 4. The van der Waals surface area contributed by atoms with Crippen molar-refractivity contribution in [2.45, 2.75) is 16.8 Å². The molecule has 4 aromatic rings. The highest BCUT2D eigenvalue weighted by atomic mass is 32.2. The van der Waals surface area contributed by atoms with E-state index in [1.165, 1.54) is 31.2 Å². The first-order chi connectivity index (χ1) is 15.4. The van der Waals surface area contributed by atoms with Gasteiger partial charge in [0.2, 0.25) is 15.9 Å². The van der Waals surface area contributed by atoms with Gasteiger partial charge in [-0.2, -0.15) is 5.10 Å². The average Bonchev–Trinajstić information content (AvgIpc) is 3.24. The second-order valence-electron chi connectivity index (χ2n) is 6.83. The van der Waals surface area contributed by atoms with Crippen molar-refractivity contribution in [3.8, 4) is 5.69 Å². The standard InChI is InChI=1S/C21H20N6O3S2/c1-14-8-9-15(10-18(14)32(29,30)22-2)26-19(28)12-31-21-17-11-25-27(20(17)23-13-24-21)16-6-4-3-5-7-16/h3-11,13,22H,12H2,1-2H3,(H,26,28). The number of para-hydroxylation sites is 1. The van der Waals surface area contributed by atoms with Gasteiger partial charge in [-0.3, -0.25) is 4.79 Å². The van der Waals surface area contributed by atoms with E-state index in [1.807, 2.05) is 30.3 Å². The number of hydrogen-bond donors (Lipinski definition) is 2. The number of benzene rings is 2. The Hall–Kier alpha value is -3.28. The number of nitrogens with one attached hydrogen (secondary N) is 2. The lowest BCUT2D eigenvalue weighted by Crippen LogP contribution is -2.20. The summed E-state index contributed by atoms with van der Waals surface area (Å²) >= 11 is 1.26. The number of fused-ring (bicyclic) bond motifs is 1. The SMILES string of the molecule is CNS(=O)(=O)c1cc(NC(=O)CSc2ncnc3c2cnn3-c2ccccc2)ccc1C. The number of thioether (sulfide) groups is 1. The fourth-order valence-electron chi connectivity index (χ4n) is 3.10. The highest BCUT2D eigenvalue weighted by Crippen LogP contribution is 2.26. The summed E-state index contributed by atoms with van der Waals surface area (Å²) in [5, 5.41) is 8.52. The first kappa shape index (κ1) is 21.9. The van der Waals surface area contributed by atoms with Crippen LogP contribution < -0.4 is 10.0 Å². The molecule has 2 N–H and O–H groups in total. The molecule has 0 saturated heterocycles. The summed E-state index contributed by atoms with van der Waals surface area (Å²) in [7, 11) is -2.27. The number of carbonyl (C=O) groups is 1. The minimum Gasteiger partial charge on any atom is -0.325 e. The van der Waals surface area contributed by atoms with Crippen molar-refractivity contribution in [1.82, 2.24) is 24.5 Å². The minimum absolute atomic E-state index is 0.0879. The third-order valence-electron chi connectivity index (χ3n) is 4.70. The lowest BCUT2D eigenvalue weighted by molar-refractivity contribution is -0.113. The van der Waals surface area contributed by atoms with Gasteiger partial charge in [0.05, 0.1) is 27.9 Å². The Morgan fingerprint density at radius 1 is 1.12 bits per heavy atom. The van der Waals surface area contributed by atoms with Crippen molar-refractivity contribution in [3.05, 3.63) is 66.6 Å². The number of amides is 1. The normalized spacial score (nSPS) is 11.6. The molecule has 0 fully saturated rings. The van der Waals surface area contributed by atoms with Gasteiger partial charge in [0.1, 0.15) is 11.4 Å². The Kier molecular flexibility index (Phi) is 6.21. The van der Waals surface area contributed by atoms with Crippen molar-refractivity contribution in [2.24, 2.45) is 0 Å². The molecule has 0 aliphatic rings. The Morgan fingerprint density at radius 3 is 2.66 bits per heavy atom. The molecule has 0 radical (unpaired) electrons. The molecule has 9 nitrogen and oxygen atoms in total. The van der Waals surface area contributed by atoms with E-state index < -0.39 is 10.0 Å². The predicted molar refractivity (Wildman–Crippen MR) is 123 cm³/mol. The molecule has 4 rings (SSSR count). The summed E-state index contributed by atoms with van der Waals surface area (Å²) in [6.45, 7) is 1.70. The molecular weight excluding hydrogens is 448 g/mol. The molecule has 2 aromatic heterocycles. The highest BCUT2D eigenvalue weighted by molar-refractivity contribution is 8.00. The van der Waals surface area contributed by atoms with Gasteiger partial charge in [0, 0.05) is 5.69 Å². The van der Waals surface area contributed by atoms with Gasteiger partial charge < -0.3 is 5.32 Å². The molecule has 0 unspecified atom stereocenters. The van der Waals surface area contributed by atoms with Crippen LogP contribution in [-0.4, -0.2) is 46.9 Å². The molecular formula is C21H20N6O3S2. The second kappa shape index (κ2) is 9.07. The van der Waals surface area contributed by atoms with Crippen LogP contribution in [0.25, 0.3) is 16.7 Å². The zero-order chi connectivity index (χ0) is 22.7. The topological polar surface area (TPSA) is 119 Å². The molecule has 0 aliphatic carbocycles. The molecule has 11 heteroatoms. The zero-order valence-corrected chi connectivity index (χ0v) is 18.9. The largest absolute Gasteiger partial charge is 0.325 e. The fourth-order valence-corrected chi connectivity index (χ4v) is 4.86. The van der Waals surface area contributed by atoms with Crippen molar-refractivity contribution in [3.63, 3.8) is 0 Å². The van der Waals surface area contributed by atoms with Crippen LogP contribution in [0.4, 0.5) is 5.69 Å². The number of aromatic nitrogens is 4. The number of rotatable bonds is 7. The smallest absolute Gasteiger partial charge is 0.240 e. The first-order valence-corrected chi connectivity index (χ1v) is 12.1. The molecule has 32 heavy (non-hydrogen) atoms. The van der Waals surface area contributed by atoms with E-state index in [9.17, 15) is 13.2 Å². The Bertz CT molecular complexity index is 1390. The maximum atomic E-state index is 12.5. The van der Waals surface area contributed by atoms with E-state index in [4.69, 9.17) is 0 Å². The van der Waals surface area contributed by atoms with Crippen LogP contribution in [-0.2, 0) is 14.8 Å². The summed E-state index contributed by atoms with van der Waals surface area (Å²) in [4.78, 5) is 21.3. The third-order valence-corrected chi connectivity index (χ3v) is 7.26. The van der Waals surface area contributed by atoms with Gasteiger partial charge >= 0.3 is 0 Å². The monoisotopic (exact) mass is 468 g/mol. The van der Waals surface area contributed by atoms with Crippen LogP contribution in [0.2, 0.25) is 0 Å². The minimum atomic E-state index is -3.62. The van der Waals surface area contributed by atoms with Crippen LogP contribution >= 0.6 is 11.8 Å². The lowest BCUT2D eigenvalue weighted by Gasteiger charge is -2.10. The predicted octanol–water partition coefficient (Wildman–Crippen LogP) is 2.76. The first-order valence-electron chi connectivity index (χ1n) is 9.60. The van der Waals surface area contributed by atoms with Crippen molar-refractivity contribution in [1.29, 1.82) is 0 Å².